The van der Waals surface area contributed by atoms with E-state index in [1.807, 2.05) is 5.32 Å². The van der Waals surface area contributed by atoms with E-state index < -0.39 is 201 Å². The molecule has 3 aliphatic rings. The number of nitrogens with zero attached hydrogens (tertiary/aromatic N) is 4. The summed E-state index contributed by atoms with van der Waals surface area (Å²) in [4.78, 5) is 190. The first-order valence-corrected chi connectivity index (χ1v) is 27.6. The van der Waals surface area contributed by atoms with Crippen LogP contribution in [0, 0.1) is 11.8 Å². The SMILES string of the molecule is CC[C@H](C)[C@H](NC(=O)CN)C(=O)N1C[C@H](O)C[C@H]1C(=O)NCC(=O)N[C@@H](CCC(=O)O)C(=O)N[C@@H](CCCN=C(N)N)C(=O)NCC(=O)N1CCC[C@H]1C(=O)N[C@H](C(=O)NCC(=O)N1CCC[C@H]1C(=O)N[C@@H](CO)C(=O)NCC(=O)O)C(C)C. The minimum atomic E-state index is -1.62. The average molecular weight is 1200 g/mol. The number of aliphatic carboxylic acids is 2. The van der Waals surface area contributed by atoms with Crippen molar-refractivity contribution in [1.82, 2.24) is 62.6 Å². The van der Waals surface area contributed by atoms with Crippen molar-refractivity contribution in [2.75, 3.05) is 65.5 Å². The largest absolute Gasteiger partial charge is 0.481 e. The maximum absolute atomic E-state index is 13.8. The first-order chi connectivity index (χ1) is 39.6. The summed E-state index contributed by atoms with van der Waals surface area (Å²) in [6.45, 7) is 2.45. The number of rotatable bonds is 33. The zero-order valence-corrected chi connectivity index (χ0v) is 47.5. The van der Waals surface area contributed by atoms with Crippen LogP contribution in [0.15, 0.2) is 4.99 Å². The molecule has 0 aromatic heterocycles. The summed E-state index contributed by atoms with van der Waals surface area (Å²) in [6, 6.07) is -10.4. The Morgan fingerprint density at radius 2 is 1.15 bits per heavy atom. The fraction of sp³-hybridized carbons (Fsp3) is 0.700. The minimum absolute atomic E-state index is 0.0237. The number of hydrogen-bond donors (Lipinski definition) is 16. The molecular formula is C50H82N16O18. The number of amides is 12. The molecule has 3 rings (SSSR count). The monoisotopic (exact) mass is 1190 g/mol. The summed E-state index contributed by atoms with van der Waals surface area (Å²) < 4.78 is 0. The van der Waals surface area contributed by atoms with Gasteiger partial charge in [-0.1, -0.05) is 34.1 Å². The maximum Gasteiger partial charge on any atom is 0.322 e. The molecule has 34 heteroatoms. The summed E-state index contributed by atoms with van der Waals surface area (Å²) in [5.41, 5.74) is 16.3. The Morgan fingerprint density at radius 3 is 1.69 bits per heavy atom. The van der Waals surface area contributed by atoms with Gasteiger partial charge in [-0.25, -0.2) is 0 Å². The molecule has 470 valence electrons. The number of guanidine groups is 1. The average Bonchev–Trinajstić information content (AvgIpc) is 3.52. The molecule has 34 nitrogen and oxygen atoms in total. The lowest BCUT2D eigenvalue weighted by molar-refractivity contribution is -0.142. The topological polar surface area (TPSA) is 528 Å². The van der Waals surface area contributed by atoms with Gasteiger partial charge in [0.2, 0.25) is 70.9 Å². The highest BCUT2D eigenvalue weighted by Gasteiger charge is 2.43. The lowest BCUT2D eigenvalue weighted by Gasteiger charge is -2.31. The molecule has 0 saturated carbocycles. The van der Waals surface area contributed by atoms with Crippen LogP contribution in [0.2, 0.25) is 0 Å². The molecule has 0 unspecified atom stereocenters. The third-order valence-corrected chi connectivity index (χ3v) is 14.2. The van der Waals surface area contributed by atoms with Crippen LogP contribution in [0.1, 0.15) is 91.9 Å². The van der Waals surface area contributed by atoms with Crippen molar-refractivity contribution in [3.05, 3.63) is 0 Å². The molecule has 84 heavy (non-hydrogen) atoms. The van der Waals surface area contributed by atoms with Crippen LogP contribution in [-0.2, 0) is 67.1 Å². The van der Waals surface area contributed by atoms with Gasteiger partial charge in [0.15, 0.2) is 5.96 Å². The molecule has 0 bridgehead atoms. The Bertz CT molecular complexity index is 2440. The molecule has 3 heterocycles. The third kappa shape index (κ3) is 21.8. The molecular weight excluding hydrogens is 1110 g/mol. The number of likely N-dealkylation sites (tertiary alicyclic amines) is 3. The predicted molar refractivity (Wildman–Crippen MR) is 292 cm³/mol. The lowest BCUT2D eigenvalue weighted by Crippen LogP contribution is -2.58. The van der Waals surface area contributed by atoms with E-state index in [2.05, 4.69) is 47.5 Å². The maximum atomic E-state index is 13.8. The Labute approximate surface area is 483 Å². The summed E-state index contributed by atoms with van der Waals surface area (Å²) in [7, 11) is 0. The van der Waals surface area contributed by atoms with Crippen molar-refractivity contribution in [3.8, 4) is 0 Å². The number of carboxylic acid groups (broad SMARTS) is 2. The number of hydrogen-bond acceptors (Lipinski definition) is 18. The second kappa shape index (κ2) is 34.4. The Hall–Kier alpha value is -8.27. The van der Waals surface area contributed by atoms with Gasteiger partial charge in [-0.3, -0.25) is 72.1 Å². The van der Waals surface area contributed by atoms with Gasteiger partial charge in [0, 0.05) is 39.0 Å². The molecule has 3 aliphatic heterocycles. The van der Waals surface area contributed by atoms with Gasteiger partial charge < -0.3 is 100 Å². The van der Waals surface area contributed by atoms with Crippen molar-refractivity contribution in [1.29, 1.82) is 0 Å². The highest BCUT2D eigenvalue weighted by molar-refractivity contribution is 5.99. The number of aliphatic imine (C=N–C) groups is 1. The highest BCUT2D eigenvalue weighted by atomic mass is 16.4. The van der Waals surface area contributed by atoms with Gasteiger partial charge in [0.1, 0.15) is 54.9 Å². The standard InChI is InChI=1S/C50H82N16O18/c1-5-26(4)41(62-34(69)18-51)49(84)66-23-27(68)17-33(66)45(80)55-19-35(70)59-29(12-13-38(73)74)44(79)60-28(9-6-14-54-50(52)53)42(77)56-20-36(71)65-16-8-11-32(65)47(82)63-40(25(2)3)48(83)57-21-37(72)64-15-7-10-31(64)46(81)61-30(24-67)43(78)58-22-39(75)76/h25-33,40-41,67-68H,5-24,51H2,1-4H3,(H,55,80)(H,56,77)(H,57,83)(H,58,78)(H,59,70)(H,60,79)(H,61,81)(H,62,69)(H,63,82)(H,73,74)(H,75,76)(H4,52,53,54)/t26-,27+,28-,29-,30-,31-,32-,33-,40-,41-/m0/s1. The predicted octanol–water partition coefficient (Wildman–Crippen LogP) is -8.52. The van der Waals surface area contributed by atoms with Crippen LogP contribution < -0.4 is 65.1 Å². The van der Waals surface area contributed by atoms with Crippen LogP contribution in [-0.4, -0.2) is 244 Å². The number of nitrogens with two attached hydrogens (primary N) is 3. The number of β-amino-alcohol motifs (C(OH)–C–C–N with tert-alkyl or cyclic N) is 1. The number of aliphatic hydroxyl groups is 2. The van der Waals surface area contributed by atoms with Gasteiger partial charge in [-0.2, -0.15) is 0 Å². The fourth-order valence-electron chi connectivity index (χ4n) is 9.48. The van der Waals surface area contributed by atoms with Gasteiger partial charge in [0.25, 0.3) is 0 Å². The summed E-state index contributed by atoms with van der Waals surface area (Å²) in [5.74, 6) is -13.7. The number of carbonyl (C=O) groups excluding carboxylic acids is 12. The van der Waals surface area contributed by atoms with E-state index in [0.29, 0.717) is 19.3 Å². The first kappa shape index (κ1) is 70.0. The first-order valence-electron chi connectivity index (χ1n) is 27.6. The zero-order valence-electron chi connectivity index (χ0n) is 47.5. The quantitative estimate of drug-likeness (QED) is 0.0165. The highest BCUT2D eigenvalue weighted by Crippen LogP contribution is 2.23. The molecule has 0 aromatic carbocycles. The van der Waals surface area contributed by atoms with Crippen molar-refractivity contribution in [2.24, 2.45) is 34.0 Å². The molecule has 0 radical (unpaired) electrons. The van der Waals surface area contributed by atoms with Crippen LogP contribution in [0.25, 0.3) is 0 Å². The molecule has 0 aromatic rings. The molecule has 3 fully saturated rings. The zero-order chi connectivity index (χ0) is 63.0. The molecule has 12 amide bonds. The van der Waals surface area contributed by atoms with E-state index in [9.17, 15) is 82.4 Å². The van der Waals surface area contributed by atoms with Gasteiger partial charge in [-0.15, -0.1) is 0 Å². The van der Waals surface area contributed by atoms with E-state index >= 15 is 0 Å². The van der Waals surface area contributed by atoms with Crippen LogP contribution in [0.3, 0.4) is 0 Å². The number of carboxylic acids is 2. The van der Waals surface area contributed by atoms with E-state index in [4.69, 9.17) is 22.3 Å². The molecule has 0 spiro atoms. The second-order valence-corrected chi connectivity index (χ2v) is 20.8. The molecule has 3 saturated heterocycles. The Morgan fingerprint density at radius 1 is 0.595 bits per heavy atom. The second-order valence-electron chi connectivity index (χ2n) is 20.8. The van der Waals surface area contributed by atoms with Crippen molar-refractivity contribution < 1.29 is 87.5 Å². The summed E-state index contributed by atoms with van der Waals surface area (Å²) >= 11 is 0. The van der Waals surface area contributed by atoms with E-state index in [-0.39, 0.29) is 64.2 Å². The normalized spacial score (nSPS) is 19.5. The molecule has 10 atom stereocenters. The minimum Gasteiger partial charge on any atom is -0.481 e. The van der Waals surface area contributed by atoms with Crippen LogP contribution >= 0.6 is 0 Å². The van der Waals surface area contributed by atoms with Crippen LogP contribution in [0.4, 0.5) is 0 Å². The third-order valence-electron chi connectivity index (χ3n) is 14.2. The van der Waals surface area contributed by atoms with Crippen molar-refractivity contribution >= 4 is 88.8 Å². The van der Waals surface area contributed by atoms with E-state index in [0.717, 1.165) is 4.90 Å². The Balaban J connectivity index is 1.66. The fourth-order valence-corrected chi connectivity index (χ4v) is 9.48. The smallest absolute Gasteiger partial charge is 0.322 e. The summed E-state index contributed by atoms with van der Waals surface area (Å²) in [6.07, 6.45) is -1.08. The number of carbonyl (C=O) groups is 14. The Kier molecular flexibility index (Phi) is 28.6. The van der Waals surface area contributed by atoms with Crippen LogP contribution in [0.5, 0.6) is 0 Å². The molecule has 19 N–H and O–H groups in total. The lowest BCUT2D eigenvalue weighted by atomic mass is 9.97. The van der Waals surface area contributed by atoms with Gasteiger partial charge in [0.05, 0.1) is 38.9 Å². The van der Waals surface area contributed by atoms with Gasteiger partial charge >= 0.3 is 11.9 Å². The van der Waals surface area contributed by atoms with Crippen molar-refractivity contribution in [2.45, 2.75) is 146 Å². The van der Waals surface area contributed by atoms with E-state index in [1.165, 1.54) is 9.80 Å². The van der Waals surface area contributed by atoms with Gasteiger partial charge in [-0.05, 0) is 56.8 Å². The molecule has 0 aliphatic carbocycles. The van der Waals surface area contributed by atoms with Crippen molar-refractivity contribution in [3.63, 3.8) is 0 Å². The number of nitrogens with one attached hydrogen (secondary N) is 9. The number of aliphatic hydroxyl groups excluding tert-OH is 2. The summed E-state index contributed by atoms with van der Waals surface area (Å²) in [5, 5.41) is 60.0. The van der Waals surface area contributed by atoms with E-state index in [1.54, 1.807) is 27.7 Å².